The summed E-state index contributed by atoms with van der Waals surface area (Å²) < 4.78 is 11.3. The zero-order valence-electron chi connectivity index (χ0n) is 16.3. The Morgan fingerprint density at radius 3 is 2.73 bits per heavy atom. The van der Waals surface area contributed by atoms with Gasteiger partial charge < -0.3 is 14.5 Å². The van der Waals surface area contributed by atoms with Crippen LogP contribution in [0.1, 0.15) is 0 Å². The van der Waals surface area contributed by atoms with Crippen molar-refractivity contribution < 1.29 is 9.47 Å². The van der Waals surface area contributed by atoms with Gasteiger partial charge >= 0.3 is 0 Å². The molecule has 1 saturated heterocycles. The van der Waals surface area contributed by atoms with Gasteiger partial charge in [-0.25, -0.2) is 9.97 Å². The fourth-order valence-electron chi connectivity index (χ4n) is 3.58. The molecule has 0 atom stereocenters. The number of imidazole rings is 1. The first-order valence-corrected chi connectivity index (χ1v) is 11.2. The zero-order chi connectivity index (χ0) is 20.3. The fraction of sp³-hybridized carbons (Fsp3) is 0.273. The molecule has 3 aromatic heterocycles. The van der Waals surface area contributed by atoms with Gasteiger partial charge in [-0.15, -0.1) is 0 Å². The van der Waals surface area contributed by atoms with E-state index in [-0.39, 0.29) is 0 Å². The summed E-state index contributed by atoms with van der Waals surface area (Å²) in [6.07, 6.45) is 1.67. The average molecular weight is 441 g/mol. The number of H-pyrrole nitrogens is 1. The number of aromatic nitrogens is 3. The van der Waals surface area contributed by atoms with E-state index in [1.807, 2.05) is 35.7 Å². The molecule has 8 heteroatoms. The molecular formula is C22H21ClN4O2S. The minimum Gasteiger partial charge on any atom is -0.492 e. The van der Waals surface area contributed by atoms with Gasteiger partial charge in [0.15, 0.2) is 5.65 Å². The maximum absolute atomic E-state index is 6.44. The number of ether oxygens (including phenoxy) is 2. The quantitative estimate of drug-likeness (QED) is 0.470. The molecule has 4 aromatic rings. The highest BCUT2D eigenvalue weighted by atomic mass is 35.5. The lowest BCUT2D eigenvalue weighted by atomic mass is 10.1. The predicted molar refractivity (Wildman–Crippen MR) is 120 cm³/mol. The third-order valence-corrected chi connectivity index (χ3v) is 6.15. The molecule has 154 valence electrons. The molecule has 1 N–H and O–H groups in total. The van der Waals surface area contributed by atoms with E-state index in [4.69, 9.17) is 26.1 Å². The summed E-state index contributed by atoms with van der Waals surface area (Å²) in [4.78, 5) is 14.9. The highest BCUT2D eigenvalue weighted by Crippen LogP contribution is 2.35. The van der Waals surface area contributed by atoms with Crippen LogP contribution in [0, 0.1) is 0 Å². The number of hydrogen-bond acceptors (Lipinski definition) is 6. The van der Waals surface area contributed by atoms with Crippen LogP contribution in [0.2, 0.25) is 5.02 Å². The fourth-order valence-corrected chi connectivity index (χ4v) is 4.47. The van der Waals surface area contributed by atoms with E-state index in [2.05, 4.69) is 20.2 Å². The summed E-state index contributed by atoms with van der Waals surface area (Å²) >= 11 is 8.07. The number of pyridine rings is 1. The largest absolute Gasteiger partial charge is 0.492 e. The Kier molecular flexibility index (Phi) is 5.68. The van der Waals surface area contributed by atoms with Gasteiger partial charge in [-0.05, 0) is 46.7 Å². The lowest BCUT2D eigenvalue weighted by Gasteiger charge is -2.26. The van der Waals surface area contributed by atoms with Crippen LogP contribution in [-0.4, -0.2) is 59.3 Å². The van der Waals surface area contributed by atoms with Gasteiger partial charge in [0.1, 0.15) is 23.7 Å². The second-order valence-corrected chi connectivity index (χ2v) is 8.29. The minimum atomic E-state index is 0.600. The maximum atomic E-state index is 6.44. The Morgan fingerprint density at radius 2 is 1.97 bits per heavy atom. The molecule has 0 unspecified atom stereocenters. The lowest BCUT2D eigenvalue weighted by molar-refractivity contribution is 0.0322. The molecule has 0 amide bonds. The lowest BCUT2D eigenvalue weighted by Crippen LogP contribution is -2.38. The standard InChI is InChI=1S/C22H21ClN4O2S/c23-18-13-24-22-20(19(18)16-5-12-30-14-16)25-21(26-22)15-1-3-17(4-2-15)29-11-8-27-6-9-28-10-7-27/h1-5,12-14H,6-11H2,(H,24,25,26). The molecule has 1 fully saturated rings. The SMILES string of the molecule is Clc1cnc2[nH]c(-c3ccc(OCCN4CCOCC4)cc3)nc2c1-c1ccsc1. The first-order valence-electron chi connectivity index (χ1n) is 9.88. The van der Waals surface area contributed by atoms with Crippen molar-refractivity contribution in [3.8, 4) is 28.3 Å². The topological polar surface area (TPSA) is 63.3 Å². The van der Waals surface area contributed by atoms with Crippen LogP contribution in [-0.2, 0) is 4.74 Å². The average Bonchev–Trinajstić information content (AvgIpc) is 3.45. The summed E-state index contributed by atoms with van der Waals surface area (Å²) in [5, 5.41) is 4.70. The van der Waals surface area contributed by atoms with Crippen molar-refractivity contribution in [1.29, 1.82) is 0 Å². The second kappa shape index (κ2) is 8.73. The molecule has 0 aliphatic carbocycles. The number of nitrogens with one attached hydrogen (secondary N) is 1. The summed E-state index contributed by atoms with van der Waals surface area (Å²) in [5.74, 6) is 1.61. The van der Waals surface area contributed by atoms with E-state index in [1.54, 1.807) is 17.5 Å². The van der Waals surface area contributed by atoms with Gasteiger partial charge in [-0.1, -0.05) is 11.6 Å². The molecule has 1 aromatic carbocycles. The number of benzene rings is 1. The molecular weight excluding hydrogens is 420 g/mol. The molecule has 0 bridgehead atoms. The van der Waals surface area contributed by atoms with Crippen LogP contribution in [0.4, 0.5) is 0 Å². The number of aromatic amines is 1. The zero-order valence-corrected chi connectivity index (χ0v) is 17.9. The third kappa shape index (κ3) is 4.06. The third-order valence-electron chi connectivity index (χ3n) is 5.18. The van der Waals surface area contributed by atoms with E-state index < -0.39 is 0 Å². The van der Waals surface area contributed by atoms with Crippen molar-refractivity contribution in [2.45, 2.75) is 0 Å². The summed E-state index contributed by atoms with van der Waals surface area (Å²) in [5.41, 5.74) is 4.44. The van der Waals surface area contributed by atoms with E-state index in [1.165, 1.54) is 0 Å². The monoisotopic (exact) mass is 440 g/mol. The molecule has 0 saturated carbocycles. The van der Waals surface area contributed by atoms with Crippen LogP contribution in [0.15, 0.2) is 47.3 Å². The highest BCUT2D eigenvalue weighted by Gasteiger charge is 2.15. The van der Waals surface area contributed by atoms with Gasteiger partial charge in [0.25, 0.3) is 0 Å². The summed E-state index contributed by atoms with van der Waals surface area (Å²) in [7, 11) is 0. The Morgan fingerprint density at radius 1 is 1.13 bits per heavy atom. The van der Waals surface area contributed by atoms with Crippen LogP contribution in [0.5, 0.6) is 5.75 Å². The van der Waals surface area contributed by atoms with E-state index in [0.717, 1.165) is 72.3 Å². The number of nitrogens with zero attached hydrogens (tertiary/aromatic N) is 3. The van der Waals surface area contributed by atoms with Crippen LogP contribution in [0.3, 0.4) is 0 Å². The van der Waals surface area contributed by atoms with E-state index >= 15 is 0 Å². The van der Waals surface area contributed by atoms with Crippen molar-refractivity contribution in [3.63, 3.8) is 0 Å². The molecule has 5 rings (SSSR count). The minimum absolute atomic E-state index is 0.600. The predicted octanol–water partition coefficient (Wildman–Crippen LogP) is 4.72. The summed E-state index contributed by atoms with van der Waals surface area (Å²) in [6.45, 7) is 5.13. The summed E-state index contributed by atoms with van der Waals surface area (Å²) in [6, 6.07) is 10.0. The second-order valence-electron chi connectivity index (χ2n) is 7.10. The van der Waals surface area contributed by atoms with E-state index in [9.17, 15) is 0 Å². The van der Waals surface area contributed by atoms with Crippen LogP contribution < -0.4 is 4.74 Å². The normalized spacial score (nSPS) is 15.0. The number of thiophene rings is 1. The van der Waals surface area contributed by atoms with Crippen LogP contribution >= 0.6 is 22.9 Å². The van der Waals surface area contributed by atoms with Gasteiger partial charge in [0, 0.05) is 37.0 Å². The Hall–Kier alpha value is -2.45. The van der Waals surface area contributed by atoms with Gasteiger partial charge in [0.05, 0.1) is 18.2 Å². The van der Waals surface area contributed by atoms with Crippen LogP contribution in [0.25, 0.3) is 33.7 Å². The Labute approximate surface area is 183 Å². The van der Waals surface area contributed by atoms with Crippen molar-refractivity contribution >= 4 is 34.1 Å². The van der Waals surface area contributed by atoms with Gasteiger partial charge in [-0.2, -0.15) is 11.3 Å². The van der Waals surface area contributed by atoms with Crippen molar-refractivity contribution in [3.05, 3.63) is 52.3 Å². The number of hydrogen-bond donors (Lipinski definition) is 1. The molecule has 1 aliphatic heterocycles. The first kappa shape index (κ1) is 19.5. The highest BCUT2D eigenvalue weighted by molar-refractivity contribution is 7.08. The molecule has 30 heavy (non-hydrogen) atoms. The molecule has 4 heterocycles. The van der Waals surface area contributed by atoms with Gasteiger partial charge in [-0.3, -0.25) is 4.90 Å². The smallest absolute Gasteiger partial charge is 0.158 e. The Balaban J connectivity index is 1.32. The van der Waals surface area contributed by atoms with E-state index in [0.29, 0.717) is 11.6 Å². The Bertz CT molecular complexity index is 1120. The molecule has 1 aliphatic rings. The molecule has 0 spiro atoms. The number of morpholine rings is 1. The molecule has 6 nitrogen and oxygen atoms in total. The molecule has 0 radical (unpaired) electrons. The van der Waals surface area contributed by atoms with Crippen molar-refractivity contribution in [1.82, 2.24) is 19.9 Å². The van der Waals surface area contributed by atoms with Crippen molar-refractivity contribution in [2.24, 2.45) is 0 Å². The van der Waals surface area contributed by atoms with Gasteiger partial charge in [0.2, 0.25) is 0 Å². The number of fused-ring (bicyclic) bond motifs is 1. The van der Waals surface area contributed by atoms with Crippen molar-refractivity contribution in [2.75, 3.05) is 39.5 Å². The number of rotatable bonds is 6. The first-order chi connectivity index (χ1) is 14.8. The number of halogens is 1. The maximum Gasteiger partial charge on any atom is 0.158 e.